The molecular formula is C17H29NO. The summed E-state index contributed by atoms with van der Waals surface area (Å²) in [5.74, 6) is 1.56. The molecule has 2 heteroatoms. The number of hydrogen-bond acceptors (Lipinski definition) is 2. The highest BCUT2D eigenvalue weighted by atomic mass is 16.5. The Morgan fingerprint density at radius 2 is 1.89 bits per heavy atom. The van der Waals surface area contributed by atoms with E-state index < -0.39 is 0 Å². The highest BCUT2D eigenvalue weighted by Crippen LogP contribution is 2.30. The molecule has 0 bridgehead atoms. The van der Waals surface area contributed by atoms with Gasteiger partial charge in [-0.05, 0) is 42.7 Å². The fourth-order valence-corrected chi connectivity index (χ4v) is 2.24. The van der Waals surface area contributed by atoms with Crippen LogP contribution in [0, 0.1) is 18.3 Å². The number of rotatable bonds is 5. The maximum atomic E-state index is 6.32. The molecule has 0 aromatic heterocycles. The number of hydrogen-bond donors (Lipinski definition) is 1. The molecule has 1 aromatic rings. The molecule has 0 amide bonds. The summed E-state index contributed by atoms with van der Waals surface area (Å²) in [6.07, 6.45) is 1.92. The smallest absolute Gasteiger partial charge is 0.122 e. The molecule has 0 saturated heterocycles. The molecule has 2 unspecified atom stereocenters. The molecule has 0 spiro atoms. The first-order chi connectivity index (χ1) is 8.74. The molecular weight excluding hydrogens is 234 g/mol. The fraction of sp³-hybridized carbons (Fsp3) is 0.647. The zero-order valence-corrected chi connectivity index (χ0v) is 13.3. The lowest BCUT2D eigenvalue weighted by Gasteiger charge is -2.29. The van der Waals surface area contributed by atoms with E-state index >= 15 is 0 Å². The second kappa shape index (κ2) is 6.42. The van der Waals surface area contributed by atoms with Gasteiger partial charge in [0.1, 0.15) is 5.75 Å². The fourth-order valence-electron chi connectivity index (χ4n) is 2.24. The standard InChI is InChI=1S/C17H29NO/c1-12-7-8-16(19-6)14(9-12)11-15(18)10-13(2)17(3,4)5/h7-9,13,15H,10-11,18H2,1-6H3. The minimum absolute atomic E-state index is 0.185. The predicted octanol–water partition coefficient (Wildman–Crippen LogP) is 3.95. The van der Waals surface area contributed by atoms with Gasteiger partial charge in [0.15, 0.2) is 0 Å². The van der Waals surface area contributed by atoms with E-state index in [0.29, 0.717) is 11.3 Å². The molecule has 0 heterocycles. The Labute approximate surface area is 118 Å². The lowest BCUT2D eigenvalue weighted by atomic mass is 9.78. The van der Waals surface area contributed by atoms with Crippen LogP contribution in [0.25, 0.3) is 0 Å². The molecule has 0 aliphatic heterocycles. The Hall–Kier alpha value is -1.02. The van der Waals surface area contributed by atoms with Gasteiger partial charge in [-0.3, -0.25) is 0 Å². The average Bonchev–Trinajstić information content (AvgIpc) is 2.27. The van der Waals surface area contributed by atoms with Crippen LogP contribution >= 0.6 is 0 Å². The summed E-state index contributed by atoms with van der Waals surface area (Å²) >= 11 is 0. The van der Waals surface area contributed by atoms with E-state index in [9.17, 15) is 0 Å². The lowest BCUT2D eigenvalue weighted by Crippen LogP contribution is -2.30. The normalized spacial score (nSPS) is 15.1. The SMILES string of the molecule is COc1ccc(C)cc1CC(N)CC(C)C(C)(C)C. The second-order valence-electron chi connectivity index (χ2n) is 6.78. The Bertz CT molecular complexity index is 406. The van der Waals surface area contributed by atoms with Gasteiger partial charge in [-0.1, -0.05) is 45.4 Å². The van der Waals surface area contributed by atoms with Gasteiger partial charge in [-0.2, -0.15) is 0 Å². The maximum Gasteiger partial charge on any atom is 0.122 e. The topological polar surface area (TPSA) is 35.2 Å². The molecule has 2 atom stereocenters. The van der Waals surface area contributed by atoms with Crippen molar-refractivity contribution in [3.8, 4) is 5.75 Å². The number of ether oxygens (including phenoxy) is 1. The molecule has 0 aliphatic rings. The van der Waals surface area contributed by atoms with Crippen LogP contribution in [-0.4, -0.2) is 13.2 Å². The first kappa shape index (κ1) is 16.0. The summed E-state index contributed by atoms with van der Waals surface area (Å²) < 4.78 is 5.42. The van der Waals surface area contributed by atoms with E-state index in [0.717, 1.165) is 18.6 Å². The van der Waals surface area contributed by atoms with Gasteiger partial charge in [0, 0.05) is 6.04 Å². The molecule has 2 N–H and O–H groups in total. The molecule has 0 aliphatic carbocycles. The van der Waals surface area contributed by atoms with E-state index in [4.69, 9.17) is 10.5 Å². The number of benzene rings is 1. The van der Waals surface area contributed by atoms with E-state index in [1.807, 2.05) is 6.07 Å². The number of aryl methyl sites for hydroxylation is 1. The largest absolute Gasteiger partial charge is 0.496 e. The Balaban J connectivity index is 2.71. The summed E-state index contributed by atoms with van der Waals surface area (Å²) in [4.78, 5) is 0. The van der Waals surface area contributed by atoms with Gasteiger partial charge < -0.3 is 10.5 Å². The van der Waals surface area contributed by atoms with Crippen molar-refractivity contribution in [1.82, 2.24) is 0 Å². The highest BCUT2D eigenvalue weighted by molar-refractivity contribution is 5.37. The molecule has 108 valence electrons. The molecule has 0 radical (unpaired) electrons. The summed E-state index contributed by atoms with van der Waals surface area (Å²) in [6, 6.07) is 6.47. The Morgan fingerprint density at radius 3 is 2.42 bits per heavy atom. The van der Waals surface area contributed by atoms with Crippen LogP contribution in [0.15, 0.2) is 18.2 Å². The molecule has 0 fully saturated rings. The average molecular weight is 263 g/mol. The van der Waals surface area contributed by atoms with Crippen molar-refractivity contribution in [2.45, 2.75) is 53.5 Å². The lowest BCUT2D eigenvalue weighted by molar-refractivity contribution is 0.232. The predicted molar refractivity (Wildman–Crippen MR) is 82.6 cm³/mol. The van der Waals surface area contributed by atoms with Gasteiger partial charge in [0.2, 0.25) is 0 Å². The van der Waals surface area contributed by atoms with Crippen molar-refractivity contribution in [3.05, 3.63) is 29.3 Å². The summed E-state index contributed by atoms with van der Waals surface area (Å²) in [7, 11) is 1.72. The molecule has 1 aromatic carbocycles. The zero-order valence-electron chi connectivity index (χ0n) is 13.3. The van der Waals surface area contributed by atoms with E-state index in [-0.39, 0.29) is 6.04 Å². The van der Waals surface area contributed by atoms with E-state index in [2.05, 4.69) is 46.8 Å². The van der Waals surface area contributed by atoms with Crippen LogP contribution < -0.4 is 10.5 Å². The Morgan fingerprint density at radius 1 is 1.26 bits per heavy atom. The third-order valence-corrected chi connectivity index (χ3v) is 4.05. The first-order valence-corrected chi connectivity index (χ1v) is 7.13. The van der Waals surface area contributed by atoms with Crippen molar-refractivity contribution in [2.75, 3.05) is 7.11 Å². The van der Waals surface area contributed by atoms with Crippen molar-refractivity contribution < 1.29 is 4.74 Å². The van der Waals surface area contributed by atoms with Crippen LogP contribution in [0.5, 0.6) is 5.75 Å². The monoisotopic (exact) mass is 263 g/mol. The third kappa shape index (κ3) is 4.87. The van der Waals surface area contributed by atoms with E-state index in [1.54, 1.807) is 7.11 Å². The minimum atomic E-state index is 0.185. The van der Waals surface area contributed by atoms with Crippen LogP contribution in [0.1, 0.15) is 45.2 Å². The second-order valence-corrected chi connectivity index (χ2v) is 6.78. The summed E-state index contributed by atoms with van der Waals surface area (Å²) in [5, 5.41) is 0. The van der Waals surface area contributed by atoms with Crippen molar-refractivity contribution in [1.29, 1.82) is 0 Å². The van der Waals surface area contributed by atoms with Crippen LogP contribution in [0.4, 0.5) is 0 Å². The van der Waals surface area contributed by atoms with Gasteiger partial charge >= 0.3 is 0 Å². The number of nitrogens with two attached hydrogens (primary N) is 1. The first-order valence-electron chi connectivity index (χ1n) is 7.13. The van der Waals surface area contributed by atoms with Crippen LogP contribution in [-0.2, 0) is 6.42 Å². The van der Waals surface area contributed by atoms with Crippen molar-refractivity contribution in [3.63, 3.8) is 0 Å². The Kier molecular flexibility index (Phi) is 5.42. The highest BCUT2D eigenvalue weighted by Gasteiger charge is 2.22. The van der Waals surface area contributed by atoms with Gasteiger partial charge in [0.25, 0.3) is 0 Å². The molecule has 19 heavy (non-hydrogen) atoms. The summed E-state index contributed by atoms with van der Waals surface area (Å²) in [5.41, 5.74) is 9.11. The van der Waals surface area contributed by atoms with Gasteiger partial charge in [-0.15, -0.1) is 0 Å². The van der Waals surface area contributed by atoms with Gasteiger partial charge in [-0.25, -0.2) is 0 Å². The van der Waals surface area contributed by atoms with Crippen molar-refractivity contribution >= 4 is 0 Å². The van der Waals surface area contributed by atoms with Crippen LogP contribution in [0.3, 0.4) is 0 Å². The molecule has 2 nitrogen and oxygen atoms in total. The van der Waals surface area contributed by atoms with Crippen molar-refractivity contribution in [2.24, 2.45) is 17.1 Å². The van der Waals surface area contributed by atoms with Gasteiger partial charge in [0.05, 0.1) is 7.11 Å². The zero-order chi connectivity index (χ0) is 14.6. The summed E-state index contributed by atoms with van der Waals surface area (Å²) in [6.45, 7) is 11.2. The maximum absolute atomic E-state index is 6.32. The quantitative estimate of drug-likeness (QED) is 0.873. The third-order valence-electron chi connectivity index (χ3n) is 4.05. The van der Waals surface area contributed by atoms with E-state index in [1.165, 1.54) is 11.1 Å². The van der Waals surface area contributed by atoms with Crippen LogP contribution in [0.2, 0.25) is 0 Å². The minimum Gasteiger partial charge on any atom is -0.496 e. The molecule has 0 saturated carbocycles. The molecule has 1 rings (SSSR count). The number of methoxy groups -OCH3 is 1.